The van der Waals surface area contributed by atoms with Gasteiger partial charge in [-0.1, -0.05) is 13.8 Å². The second-order valence-electron chi connectivity index (χ2n) is 3.13. The van der Waals surface area contributed by atoms with Crippen molar-refractivity contribution in [2.75, 3.05) is 0 Å². The maximum absolute atomic E-state index is 11.2. The Balaban J connectivity index is 2.87. The second-order valence-corrected chi connectivity index (χ2v) is 3.13. The number of nitrogens with one attached hydrogen (secondary N) is 1. The average Bonchev–Trinajstić information content (AvgIpc) is 2.05. The molecular weight excluding hydrogens is 158 g/mol. The van der Waals surface area contributed by atoms with Crippen LogP contribution in [0.25, 0.3) is 0 Å². The maximum Gasteiger partial charge on any atom is 0.234 e. The fourth-order valence-corrected chi connectivity index (χ4v) is 1.12. The van der Waals surface area contributed by atoms with Crippen molar-refractivity contribution in [3.8, 4) is 0 Å². The van der Waals surface area contributed by atoms with Crippen LogP contribution in [0.3, 0.4) is 0 Å². The molecule has 1 fully saturated rings. The number of rotatable bonds is 0. The van der Waals surface area contributed by atoms with Crippen molar-refractivity contribution in [3.63, 3.8) is 0 Å². The first kappa shape index (κ1) is 8.90. The first-order valence-electron chi connectivity index (χ1n) is 3.88. The topological polar surface area (TPSA) is 63.2 Å². The van der Waals surface area contributed by atoms with Crippen molar-refractivity contribution in [1.29, 1.82) is 0 Å². The van der Waals surface area contributed by atoms with Crippen LogP contribution in [0.15, 0.2) is 0 Å². The Morgan fingerprint density at radius 3 is 2.33 bits per heavy atom. The normalized spacial score (nSPS) is 31.3. The molecule has 66 valence electrons. The van der Waals surface area contributed by atoms with Crippen LogP contribution in [0.1, 0.15) is 20.3 Å². The summed E-state index contributed by atoms with van der Waals surface area (Å²) < 4.78 is 0. The number of hydrogen-bond acceptors (Lipinski definition) is 3. The molecule has 0 spiro atoms. The molecule has 0 aromatic heterocycles. The monoisotopic (exact) mass is 169 g/mol. The van der Waals surface area contributed by atoms with Crippen LogP contribution in [-0.4, -0.2) is 17.6 Å². The molecule has 0 radical (unpaired) electrons. The third-order valence-corrected chi connectivity index (χ3v) is 2.27. The molecule has 1 aliphatic rings. The molecule has 1 heterocycles. The van der Waals surface area contributed by atoms with E-state index < -0.39 is 11.8 Å². The first-order chi connectivity index (χ1) is 5.52. The molecule has 2 amide bonds. The van der Waals surface area contributed by atoms with Gasteiger partial charge in [-0.25, -0.2) is 0 Å². The molecule has 1 aliphatic heterocycles. The summed E-state index contributed by atoms with van der Waals surface area (Å²) in [6.45, 7) is 3.32. The molecule has 0 aliphatic carbocycles. The van der Waals surface area contributed by atoms with E-state index in [-0.39, 0.29) is 24.0 Å². The summed E-state index contributed by atoms with van der Waals surface area (Å²) in [6, 6.07) is 0. The van der Waals surface area contributed by atoms with Crippen LogP contribution < -0.4 is 5.32 Å². The second kappa shape index (κ2) is 3.05. The van der Waals surface area contributed by atoms with Gasteiger partial charge in [0.05, 0.1) is 6.42 Å². The van der Waals surface area contributed by atoms with E-state index in [1.165, 1.54) is 0 Å². The standard InChI is InChI=1S/C8H11NO3/c1-4-5(2)8(12)9-7(11)3-6(4)10/h4-5H,3H2,1-2H3,(H,9,11,12). The largest absolute Gasteiger partial charge is 0.299 e. The first-order valence-corrected chi connectivity index (χ1v) is 3.88. The smallest absolute Gasteiger partial charge is 0.234 e. The Morgan fingerprint density at radius 1 is 1.17 bits per heavy atom. The summed E-state index contributed by atoms with van der Waals surface area (Å²) in [5.74, 6) is -1.74. The fourth-order valence-electron chi connectivity index (χ4n) is 1.12. The van der Waals surface area contributed by atoms with Crippen molar-refractivity contribution in [3.05, 3.63) is 0 Å². The minimum Gasteiger partial charge on any atom is -0.299 e. The summed E-state index contributed by atoms with van der Waals surface area (Å²) in [6.07, 6.45) is -0.169. The van der Waals surface area contributed by atoms with E-state index in [1.807, 2.05) is 0 Å². The van der Waals surface area contributed by atoms with Crippen molar-refractivity contribution in [1.82, 2.24) is 5.32 Å². The highest BCUT2D eigenvalue weighted by Gasteiger charge is 2.31. The molecule has 2 atom stereocenters. The molecule has 0 aromatic rings. The summed E-state index contributed by atoms with van der Waals surface area (Å²) >= 11 is 0. The van der Waals surface area contributed by atoms with Gasteiger partial charge < -0.3 is 0 Å². The summed E-state index contributed by atoms with van der Waals surface area (Å²) in [4.78, 5) is 33.1. The van der Waals surface area contributed by atoms with Crippen molar-refractivity contribution < 1.29 is 14.4 Å². The van der Waals surface area contributed by atoms with Gasteiger partial charge in [0.25, 0.3) is 0 Å². The lowest BCUT2D eigenvalue weighted by Crippen LogP contribution is -2.33. The SMILES string of the molecule is CC1C(=O)CC(=O)NC(=O)C1C. The van der Waals surface area contributed by atoms with Crippen molar-refractivity contribution in [2.24, 2.45) is 11.8 Å². The fraction of sp³-hybridized carbons (Fsp3) is 0.625. The predicted molar refractivity (Wildman–Crippen MR) is 41.1 cm³/mol. The van der Waals surface area contributed by atoms with Gasteiger partial charge in [-0.15, -0.1) is 0 Å². The van der Waals surface area contributed by atoms with E-state index >= 15 is 0 Å². The van der Waals surface area contributed by atoms with Crippen LogP contribution in [0, 0.1) is 11.8 Å². The number of carbonyl (C=O) groups is 3. The third-order valence-electron chi connectivity index (χ3n) is 2.27. The number of carbonyl (C=O) groups excluding carboxylic acids is 3. The molecule has 4 heteroatoms. The van der Waals surface area contributed by atoms with Crippen LogP contribution in [0.4, 0.5) is 0 Å². The van der Waals surface area contributed by atoms with Crippen molar-refractivity contribution >= 4 is 17.6 Å². The molecule has 1 saturated heterocycles. The van der Waals surface area contributed by atoms with Crippen LogP contribution in [-0.2, 0) is 14.4 Å². The van der Waals surface area contributed by atoms with Gasteiger partial charge in [-0.3, -0.25) is 19.7 Å². The molecule has 12 heavy (non-hydrogen) atoms. The summed E-state index contributed by atoms with van der Waals surface area (Å²) in [5.41, 5.74) is 0. The van der Waals surface area contributed by atoms with E-state index in [0.29, 0.717) is 0 Å². The van der Waals surface area contributed by atoms with E-state index in [0.717, 1.165) is 0 Å². The molecule has 2 unspecified atom stereocenters. The van der Waals surface area contributed by atoms with Crippen LogP contribution >= 0.6 is 0 Å². The minimum absolute atomic E-state index is 0.161. The average molecular weight is 169 g/mol. The van der Waals surface area contributed by atoms with Crippen LogP contribution in [0.5, 0.6) is 0 Å². The molecular formula is C8H11NO3. The van der Waals surface area contributed by atoms with Gasteiger partial charge in [0.2, 0.25) is 11.8 Å². The zero-order chi connectivity index (χ0) is 9.30. The number of Topliss-reactive ketones (excluding diaryl/α,β-unsaturated/α-hetero) is 1. The predicted octanol–water partition coefficient (Wildman–Crippen LogP) is -0.126. The Bertz CT molecular complexity index is 223. The Kier molecular flexibility index (Phi) is 2.26. The zero-order valence-electron chi connectivity index (χ0n) is 7.09. The van der Waals surface area contributed by atoms with E-state index in [2.05, 4.69) is 5.32 Å². The molecule has 1 rings (SSSR count). The van der Waals surface area contributed by atoms with Gasteiger partial charge in [-0.2, -0.15) is 0 Å². The minimum atomic E-state index is -0.485. The quantitative estimate of drug-likeness (QED) is 0.406. The highest BCUT2D eigenvalue weighted by Crippen LogP contribution is 2.16. The Hall–Kier alpha value is -1.19. The van der Waals surface area contributed by atoms with Gasteiger partial charge >= 0.3 is 0 Å². The molecule has 4 nitrogen and oxygen atoms in total. The number of amides is 2. The summed E-state index contributed by atoms with van der Waals surface area (Å²) in [5, 5.41) is 2.15. The lowest BCUT2D eigenvalue weighted by molar-refractivity contribution is -0.131. The van der Waals surface area contributed by atoms with Gasteiger partial charge in [0.1, 0.15) is 5.78 Å². The molecule has 0 saturated carbocycles. The molecule has 1 N–H and O–H groups in total. The third kappa shape index (κ3) is 1.52. The summed E-state index contributed by atoms with van der Waals surface area (Å²) in [7, 11) is 0. The zero-order valence-corrected chi connectivity index (χ0v) is 7.09. The maximum atomic E-state index is 11.2. The number of ketones is 1. The number of hydrogen-bond donors (Lipinski definition) is 1. The van der Waals surface area contributed by atoms with Crippen LogP contribution in [0.2, 0.25) is 0 Å². The molecule has 0 aromatic carbocycles. The van der Waals surface area contributed by atoms with Gasteiger partial charge in [0.15, 0.2) is 0 Å². The lowest BCUT2D eigenvalue weighted by atomic mass is 9.91. The highest BCUT2D eigenvalue weighted by molar-refractivity contribution is 6.09. The van der Waals surface area contributed by atoms with E-state index in [4.69, 9.17) is 0 Å². The van der Waals surface area contributed by atoms with E-state index in [9.17, 15) is 14.4 Å². The Labute approximate surface area is 70.3 Å². The van der Waals surface area contributed by atoms with Gasteiger partial charge in [-0.05, 0) is 0 Å². The highest BCUT2D eigenvalue weighted by atomic mass is 16.2. The Morgan fingerprint density at radius 2 is 1.75 bits per heavy atom. The van der Waals surface area contributed by atoms with Gasteiger partial charge in [0, 0.05) is 11.8 Å². The van der Waals surface area contributed by atoms with Crippen molar-refractivity contribution in [2.45, 2.75) is 20.3 Å². The lowest BCUT2D eigenvalue weighted by Gasteiger charge is -2.11. The number of imide groups is 1. The van der Waals surface area contributed by atoms with E-state index in [1.54, 1.807) is 13.8 Å². The molecule has 0 bridgehead atoms.